The van der Waals surface area contributed by atoms with E-state index in [0.29, 0.717) is 5.13 Å². The lowest BCUT2D eigenvalue weighted by Crippen LogP contribution is -2.35. The fraction of sp³-hybridized carbons (Fsp3) is 0.625. The SMILES string of the molecule is CCC(C)NC(=O)Nc1nnc(C)s1. The molecular weight excluding hydrogens is 200 g/mol. The Labute approximate surface area is 86.9 Å². The van der Waals surface area contributed by atoms with Crippen molar-refractivity contribution in [2.24, 2.45) is 0 Å². The van der Waals surface area contributed by atoms with Gasteiger partial charge in [-0.05, 0) is 20.3 Å². The van der Waals surface area contributed by atoms with E-state index in [1.807, 2.05) is 20.8 Å². The van der Waals surface area contributed by atoms with Gasteiger partial charge in [-0.25, -0.2) is 4.79 Å². The number of rotatable bonds is 3. The molecule has 0 spiro atoms. The van der Waals surface area contributed by atoms with Crippen LogP contribution in [0.2, 0.25) is 0 Å². The Morgan fingerprint density at radius 3 is 2.79 bits per heavy atom. The van der Waals surface area contributed by atoms with Crippen molar-refractivity contribution in [3.8, 4) is 0 Å². The first-order valence-electron chi connectivity index (χ1n) is 4.49. The van der Waals surface area contributed by atoms with E-state index in [2.05, 4.69) is 20.8 Å². The van der Waals surface area contributed by atoms with Gasteiger partial charge in [-0.1, -0.05) is 18.3 Å². The fourth-order valence-electron chi connectivity index (χ4n) is 0.806. The quantitative estimate of drug-likeness (QED) is 0.805. The van der Waals surface area contributed by atoms with Crippen molar-refractivity contribution in [3.05, 3.63) is 5.01 Å². The molecule has 1 heterocycles. The van der Waals surface area contributed by atoms with Crippen LogP contribution in [0.4, 0.5) is 9.93 Å². The summed E-state index contributed by atoms with van der Waals surface area (Å²) in [6.45, 7) is 5.81. The van der Waals surface area contributed by atoms with Crippen LogP contribution in [0.25, 0.3) is 0 Å². The molecule has 14 heavy (non-hydrogen) atoms. The van der Waals surface area contributed by atoms with E-state index in [-0.39, 0.29) is 12.1 Å². The molecule has 0 saturated heterocycles. The van der Waals surface area contributed by atoms with E-state index in [0.717, 1.165) is 11.4 Å². The summed E-state index contributed by atoms with van der Waals surface area (Å²) in [6.07, 6.45) is 0.905. The van der Waals surface area contributed by atoms with Crippen molar-refractivity contribution in [2.75, 3.05) is 5.32 Å². The summed E-state index contributed by atoms with van der Waals surface area (Å²) in [7, 11) is 0. The molecular formula is C8H14N4OS. The summed E-state index contributed by atoms with van der Waals surface area (Å²) in [5, 5.41) is 14.3. The zero-order chi connectivity index (χ0) is 10.6. The van der Waals surface area contributed by atoms with E-state index >= 15 is 0 Å². The predicted molar refractivity (Wildman–Crippen MR) is 56.6 cm³/mol. The van der Waals surface area contributed by atoms with Crippen LogP contribution in [0.15, 0.2) is 0 Å². The molecule has 2 amide bonds. The van der Waals surface area contributed by atoms with E-state index in [1.54, 1.807) is 0 Å². The second-order valence-corrected chi connectivity index (χ2v) is 4.22. The molecule has 1 aromatic heterocycles. The number of aryl methyl sites for hydroxylation is 1. The summed E-state index contributed by atoms with van der Waals surface area (Å²) in [4.78, 5) is 11.3. The van der Waals surface area contributed by atoms with Crippen molar-refractivity contribution in [2.45, 2.75) is 33.2 Å². The Morgan fingerprint density at radius 2 is 2.29 bits per heavy atom. The van der Waals surface area contributed by atoms with Crippen molar-refractivity contribution in [1.82, 2.24) is 15.5 Å². The molecule has 1 rings (SSSR count). The van der Waals surface area contributed by atoms with Gasteiger partial charge >= 0.3 is 6.03 Å². The molecule has 0 aromatic carbocycles. The smallest absolute Gasteiger partial charge is 0.321 e. The zero-order valence-corrected chi connectivity index (χ0v) is 9.31. The lowest BCUT2D eigenvalue weighted by molar-refractivity contribution is 0.249. The first-order chi connectivity index (χ1) is 6.61. The molecule has 1 unspecified atom stereocenters. The molecule has 0 fully saturated rings. The van der Waals surface area contributed by atoms with Crippen molar-refractivity contribution < 1.29 is 4.79 Å². The number of amides is 2. The van der Waals surface area contributed by atoms with Gasteiger partial charge in [0.1, 0.15) is 5.01 Å². The maximum Gasteiger partial charge on any atom is 0.321 e. The van der Waals surface area contributed by atoms with Gasteiger partial charge in [0.15, 0.2) is 0 Å². The Hall–Kier alpha value is -1.17. The lowest BCUT2D eigenvalue weighted by Gasteiger charge is -2.10. The van der Waals surface area contributed by atoms with E-state index in [4.69, 9.17) is 0 Å². The van der Waals surface area contributed by atoms with Crippen LogP contribution in [-0.4, -0.2) is 22.3 Å². The highest BCUT2D eigenvalue weighted by Gasteiger charge is 2.07. The van der Waals surface area contributed by atoms with Gasteiger partial charge in [-0.15, -0.1) is 10.2 Å². The average molecular weight is 214 g/mol. The first kappa shape index (κ1) is 10.9. The molecule has 1 atom stereocenters. The highest BCUT2D eigenvalue weighted by atomic mass is 32.1. The van der Waals surface area contributed by atoms with Crippen LogP contribution in [0.3, 0.4) is 0 Å². The maximum absolute atomic E-state index is 11.3. The molecule has 5 nitrogen and oxygen atoms in total. The third-order valence-electron chi connectivity index (χ3n) is 1.74. The molecule has 0 saturated carbocycles. The van der Waals surface area contributed by atoms with E-state index < -0.39 is 0 Å². The van der Waals surface area contributed by atoms with Crippen LogP contribution < -0.4 is 10.6 Å². The van der Waals surface area contributed by atoms with Crippen LogP contribution >= 0.6 is 11.3 Å². The minimum absolute atomic E-state index is 0.170. The Balaban J connectivity index is 2.41. The average Bonchev–Trinajstić information content (AvgIpc) is 2.50. The van der Waals surface area contributed by atoms with Gasteiger partial charge in [0.25, 0.3) is 0 Å². The highest BCUT2D eigenvalue weighted by molar-refractivity contribution is 7.15. The fourth-order valence-corrected chi connectivity index (χ4v) is 1.39. The molecule has 1 aromatic rings. The van der Waals surface area contributed by atoms with Crippen LogP contribution in [0, 0.1) is 6.92 Å². The summed E-state index contributed by atoms with van der Waals surface area (Å²) in [5.41, 5.74) is 0. The van der Waals surface area contributed by atoms with Crippen molar-refractivity contribution in [1.29, 1.82) is 0 Å². The number of nitrogens with zero attached hydrogens (tertiary/aromatic N) is 2. The second kappa shape index (κ2) is 4.90. The monoisotopic (exact) mass is 214 g/mol. The number of nitrogens with one attached hydrogen (secondary N) is 2. The number of aromatic nitrogens is 2. The molecule has 0 bridgehead atoms. The summed E-state index contributed by atoms with van der Waals surface area (Å²) in [5.74, 6) is 0. The number of hydrogen-bond donors (Lipinski definition) is 2. The number of carbonyl (C=O) groups is 1. The number of carbonyl (C=O) groups excluding carboxylic acids is 1. The van der Waals surface area contributed by atoms with Crippen LogP contribution in [0.1, 0.15) is 25.3 Å². The zero-order valence-electron chi connectivity index (χ0n) is 8.50. The molecule has 0 aliphatic rings. The third-order valence-corrected chi connectivity index (χ3v) is 2.49. The standard InChI is InChI=1S/C8H14N4OS/c1-4-5(2)9-7(13)10-8-12-11-6(3)14-8/h5H,4H2,1-3H3,(H2,9,10,12,13). The largest absolute Gasteiger partial charge is 0.335 e. The van der Waals surface area contributed by atoms with E-state index in [1.165, 1.54) is 11.3 Å². The van der Waals surface area contributed by atoms with Crippen LogP contribution in [0.5, 0.6) is 0 Å². The number of urea groups is 1. The molecule has 78 valence electrons. The normalized spacial score (nSPS) is 12.2. The predicted octanol–water partition coefficient (Wildman–Crippen LogP) is 1.77. The molecule has 2 N–H and O–H groups in total. The van der Waals surface area contributed by atoms with Gasteiger partial charge < -0.3 is 5.32 Å². The first-order valence-corrected chi connectivity index (χ1v) is 5.31. The van der Waals surface area contributed by atoms with Crippen molar-refractivity contribution >= 4 is 22.5 Å². The Kier molecular flexibility index (Phi) is 3.82. The summed E-state index contributed by atoms with van der Waals surface area (Å²) >= 11 is 1.36. The van der Waals surface area contributed by atoms with Crippen LogP contribution in [-0.2, 0) is 0 Å². The lowest BCUT2D eigenvalue weighted by atomic mass is 10.3. The Morgan fingerprint density at radius 1 is 1.57 bits per heavy atom. The second-order valence-electron chi connectivity index (χ2n) is 3.03. The topological polar surface area (TPSA) is 66.9 Å². The third kappa shape index (κ3) is 3.29. The Bertz CT molecular complexity index is 312. The number of hydrogen-bond acceptors (Lipinski definition) is 4. The van der Waals surface area contributed by atoms with Crippen molar-refractivity contribution in [3.63, 3.8) is 0 Å². The number of anilines is 1. The summed E-state index contributed by atoms with van der Waals surface area (Å²) < 4.78 is 0. The van der Waals surface area contributed by atoms with Gasteiger partial charge in [0.2, 0.25) is 5.13 Å². The molecule has 6 heteroatoms. The molecule has 0 aliphatic heterocycles. The summed E-state index contributed by atoms with van der Waals surface area (Å²) in [6, 6.07) is -0.0560. The maximum atomic E-state index is 11.3. The van der Waals surface area contributed by atoms with Gasteiger partial charge in [0.05, 0.1) is 0 Å². The van der Waals surface area contributed by atoms with Gasteiger partial charge in [0, 0.05) is 6.04 Å². The minimum atomic E-state index is -0.226. The van der Waals surface area contributed by atoms with Gasteiger partial charge in [-0.3, -0.25) is 5.32 Å². The highest BCUT2D eigenvalue weighted by Crippen LogP contribution is 2.13. The molecule has 0 aliphatic carbocycles. The minimum Gasteiger partial charge on any atom is -0.335 e. The van der Waals surface area contributed by atoms with Gasteiger partial charge in [-0.2, -0.15) is 0 Å². The molecule has 0 radical (unpaired) electrons. The van der Waals surface area contributed by atoms with E-state index in [9.17, 15) is 4.79 Å².